The molecule has 0 fully saturated rings. The van der Waals surface area contributed by atoms with E-state index in [0.29, 0.717) is 17.9 Å². The first kappa shape index (κ1) is 22.3. The zero-order valence-electron chi connectivity index (χ0n) is 18.2. The number of aryl methyl sites for hydroxylation is 1. The maximum atomic E-state index is 12.5. The van der Waals surface area contributed by atoms with Crippen molar-refractivity contribution in [1.82, 2.24) is 10.3 Å². The molecule has 0 bridgehead atoms. The summed E-state index contributed by atoms with van der Waals surface area (Å²) in [6, 6.07) is 26.4. The number of amides is 1. The Hall–Kier alpha value is -3.95. The first-order chi connectivity index (χ1) is 16.1. The lowest BCUT2D eigenvalue weighted by atomic mass is 10.1. The highest BCUT2D eigenvalue weighted by Crippen LogP contribution is 2.22. The van der Waals surface area contributed by atoms with Crippen LogP contribution < -0.4 is 10.1 Å². The molecule has 1 amide bonds. The Morgan fingerprint density at radius 3 is 2.39 bits per heavy atom. The SMILES string of the molecule is Cc1nc(-c2ccc(CC(=O)NC(C#N)c3ccc(OCc4ccccc4)cc3)cc2)cs1. The first-order valence-electron chi connectivity index (χ1n) is 10.6. The fourth-order valence-electron chi connectivity index (χ4n) is 3.37. The Morgan fingerprint density at radius 2 is 1.76 bits per heavy atom. The predicted octanol–water partition coefficient (Wildman–Crippen LogP) is 5.62. The summed E-state index contributed by atoms with van der Waals surface area (Å²) in [6.45, 7) is 2.45. The van der Waals surface area contributed by atoms with Crippen LogP contribution in [0.3, 0.4) is 0 Å². The molecule has 5 nitrogen and oxygen atoms in total. The van der Waals surface area contributed by atoms with Crippen LogP contribution >= 0.6 is 11.3 Å². The molecule has 1 atom stereocenters. The topological polar surface area (TPSA) is 75.0 Å². The number of nitrogens with zero attached hydrogens (tertiary/aromatic N) is 2. The lowest BCUT2D eigenvalue weighted by Crippen LogP contribution is -2.29. The number of benzene rings is 3. The molecule has 0 radical (unpaired) electrons. The zero-order valence-corrected chi connectivity index (χ0v) is 19.0. The highest BCUT2D eigenvalue weighted by Gasteiger charge is 2.14. The summed E-state index contributed by atoms with van der Waals surface area (Å²) in [6.07, 6.45) is 0.201. The van der Waals surface area contributed by atoms with E-state index in [1.54, 1.807) is 23.5 Å². The van der Waals surface area contributed by atoms with Crippen molar-refractivity contribution in [2.75, 3.05) is 0 Å². The van der Waals surface area contributed by atoms with Gasteiger partial charge in [-0.15, -0.1) is 11.3 Å². The molecule has 164 valence electrons. The quantitative estimate of drug-likeness (QED) is 0.376. The van der Waals surface area contributed by atoms with Gasteiger partial charge in [-0.25, -0.2) is 4.98 Å². The molecule has 4 aromatic rings. The molecule has 0 aliphatic carbocycles. The normalized spacial score (nSPS) is 11.4. The van der Waals surface area contributed by atoms with E-state index < -0.39 is 6.04 Å². The average Bonchev–Trinajstić information content (AvgIpc) is 3.29. The van der Waals surface area contributed by atoms with Crippen molar-refractivity contribution in [3.8, 4) is 23.1 Å². The second-order valence-corrected chi connectivity index (χ2v) is 8.66. The van der Waals surface area contributed by atoms with Gasteiger partial charge in [0.25, 0.3) is 0 Å². The first-order valence-corrected chi connectivity index (χ1v) is 11.5. The third-order valence-electron chi connectivity index (χ3n) is 5.13. The molecule has 1 heterocycles. The van der Waals surface area contributed by atoms with Crippen LogP contribution in [0.5, 0.6) is 5.75 Å². The van der Waals surface area contributed by atoms with Crippen LogP contribution in [0.1, 0.15) is 27.7 Å². The number of nitrogens with one attached hydrogen (secondary N) is 1. The highest BCUT2D eigenvalue weighted by molar-refractivity contribution is 7.09. The summed E-state index contributed by atoms with van der Waals surface area (Å²) >= 11 is 1.61. The zero-order chi connectivity index (χ0) is 23.0. The minimum absolute atomic E-state index is 0.201. The number of rotatable bonds is 8. The molecule has 4 rings (SSSR count). The summed E-state index contributed by atoms with van der Waals surface area (Å²) in [5, 5.41) is 15.4. The molecular weight excluding hydrogens is 430 g/mol. The molecule has 1 unspecified atom stereocenters. The smallest absolute Gasteiger partial charge is 0.225 e. The van der Waals surface area contributed by atoms with Gasteiger partial charge in [-0.05, 0) is 35.7 Å². The van der Waals surface area contributed by atoms with Gasteiger partial charge < -0.3 is 10.1 Å². The summed E-state index contributed by atoms with van der Waals surface area (Å²) < 4.78 is 5.79. The molecular formula is C27H23N3O2S. The van der Waals surface area contributed by atoms with Gasteiger partial charge in [0.05, 0.1) is 23.2 Å². The largest absolute Gasteiger partial charge is 0.489 e. The van der Waals surface area contributed by atoms with Crippen LogP contribution in [0, 0.1) is 18.3 Å². The molecule has 0 aliphatic rings. The third kappa shape index (κ3) is 6.06. The fourth-order valence-corrected chi connectivity index (χ4v) is 4.00. The summed E-state index contributed by atoms with van der Waals surface area (Å²) in [7, 11) is 0. The predicted molar refractivity (Wildman–Crippen MR) is 130 cm³/mol. The Balaban J connectivity index is 1.32. The van der Waals surface area contributed by atoms with Crippen molar-refractivity contribution >= 4 is 17.2 Å². The maximum absolute atomic E-state index is 12.5. The molecule has 3 aromatic carbocycles. The number of carbonyl (C=O) groups excluding carboxylic acids is 1. The van der Waals surface area contributed by atoms with E-state index in [1.165, 1.54) is 0 Å². The van der Waals surface area contributed by atoms with Crippen LogP contribution in [0.15, 0.2) is 84.2 Å². The molecule has 0 spiro atoms. The second-order valence-electron chi connectivity index (χ2n) is 7.60. The van der Waals surface area contributed by atoms with Crippen molar-refractivity contribution in [3.63, 3.8) is 0 Å². The van der Waals surface area contributed by atoms with Crippen LogP contribution in [-0.4, -0.2) is 10.9 Å². The molecule has 33 heavy (non-hydrogen) atoms. The molecule has 0 saturated heterocycles. The number of ether oxygens (including phenoxy) is 1. The Labute approximate surface area is 197 Å². The molecule has 1 aromatic heterocycles. The van der Waals surface area contributed by atoms with Crippen molar-refractivity contribution in [2.45, 2.75) is 26.0 Å². The minimum atomic E-state index is -0.724. The van der Waals surface area contributed by atoms with E-state index in [0.717, 1.165) is 27.4 Å². The number of aromatic nitrogens is 1. The third-order valence-corrected chi connectivity index (χ3v) is 5.90. The van der Waals surface area contributed by atoms with Gasteiger partial charge in [0.1, 0.15) is 18.4 Å². The van der Waals surface area contributed by atoms with Gasteiger partial charge in [0.15, 0.2) is 0 Å². The monoisotopic (exact) mass is 453 g/mol. The van der Waals surface area contributed by atoms with E-state index in [1.807, 2.05) is 79.0 Å². The Morgan fingerprint density at radius 1 is 1.03 bits per heavy atom. The van der Waals surface area contributed by atoms with Crippen LogP contribution in [0.4, 0.5) is 0 Å². The van der Waals surface area contributed by atoms with Crippen LogP contribution in [0.25, 0.3) is 11.3 Å². The highest BCUT2D eigenvalue weighted by atomic mass is 32.1. The van der Waals surface area contributed by atoms with Crippen molar-refractivity contribution in [3.05, 3.63) is 106 Å². The van der Waals surface area contributed by atoms with Crippen LogP contribution in [-0.2, 0) is 17.8 Å². The fraction of sp³-hybridized carbons (Fsp3) is 0.148. The van der Waals surface area contributed by atoms with Gasteiger partial charge in [0, 0.05) is 10.9 Å². The van der Waals surface area contributed by atoms with Crippen molar-refractivity contribution < 1.29 is 9.53 Å². The van der Waals surface area contributed by atoms with Gasteiger partial charge in [-0.3, -0.25) is 4.79 Å². The molecule has 6 heteroatoms. The maximum Gasteiger partial charge on any atom is 0.225 e. The molecule has 1 N–H and O–H groups in total. The van der Waals surface area contributed by atoms with Gasteiger partial charge in [-0.1, -0.05) is 66.7 Å². The Kier molecular flexibility index (Phi) is 7.13. The van der Waals surface area contributed by atoms with E-state index in [4.69, 9.17) is 4.74 Å². The second kappa shape index (κ2) is 10.6. The lowest BCUT2D eigenvalue weighted by molar-refractivity contribution is -0.120. The van der Waals surface area contributed by atoms with Crippen molar-refractivity contribution in [1.29, 1.82) is 5.26 Å². The van der Waals surface area contributed by atoms with E-state index in [9.17, 15) is 10.1 Å². The van der Waals surface area contributed by atoms with Crippen LogP contribution in [0.2, 0.25) is 0 Å². The number of nitriles is 1. The van der Waals surface area contributed by atoms with Gasteiger partial charge >= 0.3 is 0 Å². The number of thiazole rings is 1. The number of hydrogen-bond donors (Lipinski definition) is 1. The van der Waals surface area contributed by atoms with Gasteiger partial charge in [-0.2, -0.15) is 5.26 Å². The minimum Gasteiger partial charge on any atom is -0.489 e. The summed E-state index contributed by atoms with van der Waals surface area (Å²) in [5.41, 5.74) is 4.64. The summed E-state index contributed by atoms with van der Waals surface area (Å²) in [5.74, 6) is 0.504. The average molecular weight is 454 g/mol. The standard InChI is InChI=1S/C27H23N3O2S/c1-19-29-26(18-33-19)23-9-7-20(8-10-23)15-27(31)30-25(16-28)22-11-13-24(14-12-22)32-17-21-5-3-2-4-6-21/h2-14,18,25H,15,17H2,1H3,(H,30,31). The molecule has 0 aliphatic heterocycles. The number of hydrogen-bond acceptors (Lipinski definition) is 5. The van der Waals surface area contributed by atoms with E-state index in [-0.39, 0.29) is 12.3 Å². The summed E-state index contributed by atoms with van der Waals surface area (Å²) in [4.78, 5) is 17.0. The number of carbonyl (C=O) groups is 1. The lowest BCUT2D eigenvalue weighted by Gasteiger charge is -2.13. The molecule has 0 saturated carbocycles. The van der Waals surface area contributed by atoms with Crippen molar-refractivity contribution in [2.24, 2.45) is 0 Å². The Bertz CT molecular complexity index is 1240. The van der Waals surface area contributed by atoms with Gasteiger partial charge in [0.2, 0.25) is 5.91 Å². The van der Waals surface area contributed by atoms with E-state index >= 15 is 0 Å². The van der Waals surface area contributed by atoms with E-state index in [2.05, 4.69) is 16.4 Å².